The molecule has 1 aromatic carbocycles. The van der Waals surface area contributed by atoms with Crippen molar-refractivity contribution in [2.75, 3.05) is 5.32 Å². The van der Waals surface area contributed by atoms with E-state index in [2.05, 4.69) is 16.0 Å². The van der Waals surface area contributed by atoms with Gasteiger partial charge in [0.05, 0.1) is 4.92 Å². The SMILES string of the molecule is CC(C)(C)OC(=O)NC1CC(Nc2ccc(C(=O)NC3CCCCC3)cc2[N+](=O)[O-])C1. The Morgan fingerprint density at radius 2 is 1.71 bits per heavy atom. The van der Waals surface area contributed by atoms with Crippen LogP contribution in [0.2, 0.25) is 0 Å². The average molecular weight is 433 g/mol. The molecule has 31 heavy (non-hydrogen) atoms. The Bertz CT molecular complexity index is 824. The number of benzene rings is 1. The van der Waals surface area contributed by atoms with Gasteiger partial charge in [0.15, 0.2) is 0 Å². The quantitative estimate of drug-likeness (QED) is 0.459. The number of nitrogens with zero attached hydrogens (tertiary/aromatic N) is 1. The second-order valence-electron chi connectivity index (χ2n) is 9.45. The van der Waals surface area contributed by atoms with Crippen LogP contribution in [0, 0.1) is 10.1 Å². The van der Waals surface area contributed by atoms with E-state index in [-0.39, 0.29) is 29.7 Å². The number of rotatable bonds is 6. The molecule has 2 saturated carbocycles. The van der Waals surface area contributed by atoms with E-state index < -0.39 is 16.6 Å². The Hall–Kier alpha value is -2.84. The lowest BCUT2D eigenvalue weighted by atomic mass is 9.86. The smallest absolute Gasteiger partial charge is 0.407 e. The number of nitro benzene ring substituents is 1. The summed E-state index contributed by atoms with van der Waals surface area (Å²) in [5.74, 6) is -0.271. The number of ether oxygens (including phenoxy) is 1. The maximum absolute atomic E-state index is 12.5. The molecule has 0 atom stereocenters. The minimum absolute atomic E-state index is 0.000511. The van der Waals surface area contributed by atoms with Gasteiger partial charge in [-0.15, -0.1) is 0 Å². The van der Waals surface area contributed by atoms with Crippen LogP contribution < -0.4 is 16.0 Å². The Balaban J connectivity index is 1.55. The number of carbonyl (C=O) groups is 2. The van der Waals surface area contributed by atoms with E-state index in [0.29, 0.717) is 24.1 Å². The number of alkyl carbamates (subject to hydrolysis) is 1. The summed E-state index contributed by atoms with van der Waals surface area (Å²) in [6.07, 6.45) is 6.10. The molecule has 2 aliphatic rings. The molecule has 0 saturated heterocycles. The van der Waals surface area contributed by atoms with Crippen molar-refractivity contribution in [3.8, 4) is 0 Å². The van der Waals surface area contributed by atoms with Crippen molar-refractivity contribution in [3.05, 3.63) is 33.9 Å². The minimum Gasteiger partial charge on any atom is -0.444 e. The Labute approximate surface area is 182 Å². The van der Waals surface area contributed by atoms with Crippen LogP contribution in [-0.2, 0) is 4.74 Å². The molecular formula is C22H32N4O5. The molecule has 9 heteroatoms. The minimum atomic E-state index is -0.558. The molecule has 1 aromatic rings. The first-order valence-corrected chi connectivity index (χ1v) is 11.0. The molecule has 2 amide bonds. The normalized spacial score (nSPS) is 21.5. The first-order chi connectivity index (χ1) is 14.6. The number of hydrogen-bond acceptors (Lipinski definition) is 6. The van der Waals surface area contributed by atoms with Gasteiger partial charge in [0.25, 0.3) is 11.6 Å². The van der Waals surface area contributed by atoms with Crippen LogP contribution in [0.3, 0.4) is 0 Å². The average Bonchev–Trinajstić information content (AvgIpc) is 2.65. The lowest BCUT2D eigenvalue weighted by molar-refractivity contribution is -0.384. The van der Waals surface area contributed by atoms with Crippen LogP contribution in [-0.4, -0.2) is 40.7 Å². The molecular weight excluding hydrogens is 400 g/mol. The van der Waals surface area contributed by atoms with E-state index >= 15 is 0 Å². The third-order valence-corrected chi connectivity index (χ3v) is 5.62. The summed E-state index contributed by atoms with van der Waals surface area (Å²) in [5.41, 5.74) is -0.0161. The fourth-order valence-electron chi connectivity index (χ4n) is 4.01. The molecule has 170 valence electrons. The van der Waals surface area contributed by atoms with Crippen molar-refractivity contribution in [1.82, 2.24) is 10.6 Å². The van der Waals surface area contributed by atoms with Gasteiger partial charge in [0.2, 0.25) is 0 Å². The summed E-state index contributed by atoms with van der Waals surface area (Å²) < 4.78 is 5.24. The van der Waals surface area contributed by atoms with Crippen LogP contribution in [0.25, 0.3) is 0 Å². The van der Waals surface area contributed by atoms with Crippen molar-refractivity contribution in [1.29, 1.82) is 0 Å². The largest absolute Gasteiger partial charge is 0.444 e. The molecule has 2 fully saturated rings. The Morgan fingerprint density at radius 1 is 1.03 bits per heavy atom. The van der Waals surface area contributed by atoms with Gasteiger partial charge in [0, 0.05) is 29.8 Å². The van der Waals surface area contributed by atoms with Crippen molar-refractivity contribution < 1.29 is 19.2 Å². The molecule has 3 rings (SSSR count). The van der Waals surface area contributed by atoms with Crippen LogP contribution in [0.15, 0.2) is 18.2 Å². The number of carbonyl (C=O) groups excluding carboxylic acids is 2. The van der Waals surface area contributed by atoms with Crippen LogP contribution in [0.1, 0.15) is 76.1 Å². The molecule has 9 nitrogen and oxygen atoms in total. The molecule has 0 aliphatic heterocycles. The molecule has 0 unspecified atom stereocenters. The topological polar surface area (TPSA) is 123 Å². The van der Waals surface area contributed by atoms with Crippen LogP contribution in [0.5, 0.6) is 0 Å². The lowest BCUT2D eigenvalue weighted by Gasteiger charge is -2.37. The number of nitrogens with one attached hydrogen (secondary N) is 3. The summed E-state index contributed by atoms with van der Waals surface area (Å²) in [4.78, 5) is 35.5. The van der Waals surface area contributed by atoms with Crippen LogP contribution >= 0.6 is 0 Å². The van der Waals surface area contributed by atoms with E-state index in [9.17, 15) is 19.7 Å². The molecule has 0 bridgehead atoms. The van der Waals surface area contributed by atoms with Crippen molar-refractivity contribution >= 4 is 23.4 Å². The molecule has 3 N–H and O–H groups in total. The van der Waals surface area contributed by atoms with Crippen LogP contribution in [0.4, 0.5) is 16.2 Å². The third-order valence-electron chi connectivity index (χ3n) is 5.62. The number of nitro groups is 1. The van der Waals surface area contributed by atoms with Gasteiger partial charge >= 0.3 is 6.09 Å². The van der Waals surface area contributed by atoms with Gasteiger partial charge in [-0.25, -0.2) is 4.79 Å². The van der Waals surface area contributed by atoms with E-state index in [4.69, 9.17) is 4.74 Å². The van der Waals surface area contributed by atoms with Crippen molar-refractivity contribution in [2.45, 2.75) is 89.4 Å². The standard InChI is InChI=1S/C22H32N4O5/c1-22(2,3)31-21(28)25-17-12-16(13-17)23-18-10-9-14(11-19(18)26(29)30)20(27)24-15-7-5-4-6-8-15/h9-11,15-17,23H,4-8,12-13H2,1-3H3,(H,24,27)(H,25,28). The Kier molecular flexibility index (Phi) is 7.02. The van der Waals surface area contributed by atoms with E-state index in [0.717, 1.165) is 25.7 Å². The summed E-state index contributed by atoms with van der Waals surface area (Å²) in [5, 5.41) is 20.5. The zero-order valence-corrected chi connectivity index (χ0v) is 18.4. The van der Waals surface area contributed by atoms with Crippen molar-refractivity contribution in [2.24, 2.45) is 0 Å². The third kappa shape index (κ3) is 6.57. The fourth-order valence-corrected chi connectivity index (χ4v) is 4.01. The van der Waals surface area contributed by atoms with E-state index in [1.807, 2.05) is 0 Å². The molecule has 0 heterocycles. The molecule has 0 radical (unpaired) electrons. The summed E-state index contributed by atoms with van der Waals surface area (Å²) >= 11 is 0. The highest BCUT2D eigenvalue weighted by Crippen LogP contribution is 2.31. The second kappa shape index (κ2) is 9.53. The van der Waals surface area contributed by atoms with E-state index in [1.165, 1.54) is 12.5 Å². The zero-order valence-electron chi connectivity index (χ0n) is 18.4. The number of hydrogen-bond donors (Lipinski definition) is 3. The predicted octanol–water partition coefficient (Wildman–Crippen LogP) is 4.12. The highest BCUT2D eigenvalue weighted by atomic mass is 16.6. The maximum atomic E-state index is 12.5. The lowest BCUT2D eigenvalue weighted by Crippen LogP contribution is -2.50. The van der Waals surface area contributed by atoms with Gasteiger partial charge in [-0.1, -0.05) is 19.3 Å². The fraction of sp³-hybridized carbons (Fsp3) is 0.636. The van der Waals surface area contributed by atoms with Gasteiger partial charge in [0.1, 0.15) is 11.3 Å². The highest BCUT2D eigenvalue weighted by Gasteiger charge is 2.33. The number of anilines is 1. The molecule has 0 spiro atoms. The highest BCUT2D eigenvalue weighted by molar-refractivity contribution is 5.96. The van der Waals surface area contributed by atoms with Gasteiger partial charge in [-0.2, -0.15) is 0 Å². The molecule has 0 aromatic heterocycles. The van der Waals surface area contributed by atoms with E-state index in [1.54, 1.807) is 32.9 Å². The predicted molar refractivity (Wildman–Crippen MR) is 117 cm³/mol. The Morgan fingerprint density at radius 3 is 2.32 bits per heavy atom. The maximum Gasteiger partial charge on any atom is 0.407 e. The van der Waals surface area contributed by atoms with Gasteiger partial charge in [-0.05, 0) is 58.6 Å². The molecule has 2 aliphatic carbocycles. The first kappa shape index (κ1) is 22.8. The summed E-state index contributed by atoms with van der Waals surface area (Å²) in [6, 6.07) is 4.63. The second-order valence-corrected chi connectivity index (χ2v) is 9.45. The first-order valence-electron chi connectivity index (χ1n) is 11.0. The van der Waals surface area contributed by atoms with Gasteiger partial charge in [-0.3, -0.25) is 14.9 Å². The monoisotopic (exact) mass is 432 g/mol. The summed E-state index contributed by atoms with van der Waals surface area (Å²) in [7, 11) is 0. The summed E-state index contributed by atoms with van der Waals surface area (Å²) in [6.45, 7) is 5.40. The van der Waals surface area contributed by atoms with Crippen molar-refractivity contribution in [3.63, 3.8) is 0 Å². The number of amides is 2. The zero-order chi connectivity index (χ0) is 22.6. The van der Waals surface area contributed by atoms with Gasteiger partial charge < -0.3 is 20.7 Å².